The minimum absolute atomic E-state index is 0.0937. The molecule has 0 spiro atoms. The highest BCUT2D eigenvalue weighted by molar-refractivity contribution is 5.23. The van der Waals surface area contributed by atoms with E-state index < -0.39 is 0 Å². The molecule has 3 atom stereocenters. The number of hydrogen-bond acceptors (Lipinski definition) is 2. The molecular formula is C13H16N2. The molecule has 0 heterocycles. The molecule has 2 N–H and O–H groups in total. The van der Waals surface area contributed by atoms with Crippen LogP contribution in [0.4, 0.5) is 0 Å². The highest BCUT2D eigenvalue weighted by Gasteiger charge is 2.29. The van der Waals surface area contributed by atoms with E-state index in [9.17, 15) is 0 Å². The van der Waals surface area contributed by atoms with Crippen molar-refractivity contribution in [1.82, 2.24) is 0 Å². The van der Waals surface area contributed by atoms with Gasteiger partial charge in [0, 0.05) is 6.04 Å². The molecule has 1 aromatic carbocycles. The summed E-state index contributed by atoms with van der Waals surface area (Å²) >= 11 is 0. The van der Waals surface area contributed by atoms with Crippen molar-refractivity contribution in [2.24, 2.45) is 11.7 Å². The Bertz CT molecular complexity index is 353. The van der Waals surface area contributed by atoms with Gasteiger partial charge in [0.2, 0.25) is 0 Å². The van der Waals surface area contributed by atoms with Gasteiger partial charge >= 0.3 is 0 Å². The zero-order chi connectivity index (χ0) is 10.7. The molecule has 78 valence electrons. The maximum atomic E-state index is 9.13. The first-order chi connectivity index (χ1) is 7.31. The summed E-state index contributed by atoms with van der Waals surface area (Å²) in [6.45, 7) is 0. The number of benzene rings is 1. The summed E-state index contributed by atoms with van der Waals surface area (Å²) < 4.78 is 0. The van der Waals surface area contributed by atoms with E-state index >= 15 is 0 Å². The van der Waals surface area contributed by atoms with Crippen molar-refractivity contribution < 1.29 is 0 Å². The lowest BCUT2D eigenvalue weighted by atomic mass is 9.74. The SMILES string of the molecule is N#CC1CC(N)CCC1c1ccccc1. The van der Waals surface area contributed by atoms with E-state index in [-0.39, 0.29) is 12.0 Å². The molecule has 0 saturated heterocycles. The van der Waals surface area contributed by atoms with Crippen molar-refractivity contribution >= 4 is 0 Å². The predicted molar refractivity (Wildman–Crippen MR) is 60.1 cm³/mol. The summed E-state index contributed by atoms with van der Waals surface area (Å²) in [6, 6.07) is 12.9. The van der Waals surface area contributed by atoms with Gasteiger partial charge in [0.05, 0.1) is 12.0 Å². The van der Waals surface area contributed by atoms with Gasteiger partial charge in [-0.2, -0.15) is 5.26 Å². The molecule has 1 aliphatic rings. The number of rotatable bonds is 1. The van der Waals surface area contributed by atoms with Crippen LogP contribution in [0.3, 0.4) is 0 Å². The van der Waals surface area contributed by atoms with Gasteiger partial charge in [-0.1, -0.05) is 30.3 Å². The third-order valence-corrected chi connectivity index (χ3v) is 3.28. The normalized spacial score (nSPS) is 30.8. The van der Waals surface area contributed by atoms with E-state index in [1.54, 1.807) is 0 Å². The van der Waals surface area contributed by atoms with Crippen molar-refractivity contribution in [3.63, 3.8) is 0 Å². The fourth-order valence-electron chi connectivity index (χ4n) is 2.44. The third-order valence-electron chi connectivity index (χ3n) is 3.28. The van der Waals surface area contributed by atoms with E-state index in [2.05, 4.69) is 18.2 Å². The Morgan fingerprint density at radius 3 is 2.60 bits per heavy atom. The van der Waals surface area contributed by atoms with Crippen molar-refractivity contribution in [2.75, 3.05) is 0 Å². The molecule has 1 saturated carbocycles. The summed E-state index contributed by atoms with van der Waals surface area (Å²) in [6.07, 6.45) is 2.93. The van der Waals surface area contributed by atoms with Crippen LogP contribution >= 0.6 is 0 Å². The van der Waals surface area contributed by atoms with Crippen LogP contribution in [0.15, 0.2) is 30.3 Å². The topological polar surface area (TPSA) is 49.8 Å². The molecule has 0 bridgehead atoms. The van der Waals surface area contributed by atoms with Crippen molar-refractivity contribution in [1.29, 1.82) is 5.26 Å². The van der Waals surface area contributed by atoms with Gasteiger partial charge in [-0.25, -0.2) is 0 Å². The molecule has 0 aromatic heterocycles. The largest absolute Gasteiger partial charge is 0.328 e. The minimum atomic E-state index is 0.0937. The third kappa shape index (κ3) is 2.19. The Hall–Kier alpha value is -1.33. The molecular weight excluding hydrogens is 184 g/mol. The lowest BCUT2D eigenvalue weighted by Gasteiger charge is -2.30. The highest BCUT2D eigenvalue weighted by atomic mass is 14.6. The highest BCUT2D eigenvalue weighted by Crippen LogP contribution is 2.36. The Balaban J connectivity index is 2.19. The van der Waals surface area contributed by atoms with E-state index in [0.29, 0.717) is 5.92 Å². The molecule has 1 aliphatic carbocycles. The molecule has 2 heteroatoms. The van der Waals surface area contributed by atoms with Gasteiger partial charge in [0.1, 0.15) is 0 Å². The van der Waals surface area contributed by atoms with Gasteiger partial charge in [-0.3, -0.25) is 0 Å². The first kappa shape index (κ1) is 10.2. The molecule has 15 heavy (non-hydrogen) atoms. The van der Waals surface area contributed by atoms with Gasteiger partial charge in [-0.05, 0) is 30.7 Å². The fraction of sp³-hybridized carbons (Fsp3) is 0.462. The standard InChI is InChI=1S/C13H16N2/c14-9-11-8-12(15)6-7-13(11)10-4-2-1-3-5-10/h1-5,11-13H,6-8,15H2. The average molecular weight is 200 g/mol. The number of nitrogens with zero attached hydrogens (tertiary/aromatic N) is 1. The molecule has 0 radical (unpaired) electrons. The zero-order valence-electron chi connectivity index (χ0n) is 8.76. The van der Waals surface area contributed by atoms with Gasteiger partial charge in [0.15, 0.2) is 0 Å². The Kier molecular flexibility index (Phi) is 3.03. The molecule has 0 amide bonds. The molecule has 0 aliphatic heterocycles. The molecule has 3 unspecified atom stereocenters. The zero-order valence-corrected chi connectivity index (χ0v) is 8.76. The van der Waals surface area contributed by atoms with Gasteiger partial charge < -0.3 is 5.73 Å². The second-order valence-corrected chi connectivity index (χ2v) is 4.33. The molecule has 1 aromatic rings. The van der Waals surface area contributed by atoms with Crippen molar-refractivity contribution in [3.05, 3.63) is 35.9 Å². The smallest absolute Gasteiger partial charge is 0.0662 e. The Labute approximate surface area is 90.7 Å². The van der Waals surface area contributed by atoms with Gasteiger partial charge in [-0.15, -0.1) is 0 Å². The van der Waals surface area contributed by atoms with Crippen LogP contribution < -0.4 is 5.73 Å². The van der Waals surface area contributed by atoms with Crippen LogP contribution in [0, 0.1) is 17.2 Å². The average Bonchev–Trinajstić information content (AvgIpc) is 2.30. The van der Waals surface area contributed by atoms with E-state index in [0.717, 1.165) is 19.3 Å². The minimum Gasteiger partial charge on any atom is -0.328 e. The lowest BCUT2D eigenvalue weighted by Crippen LogP contribution is -2.31. The molecule has 1 fully saturated rings. The summed E-state index contributed by atoms with van der Waals surface area (Å²) in [4.78, 5) is 0. The number of hydrogen-bond donors (Lipinski definition) is 1. The summed E-state index contributed by atoms with van der Waals surface area (Å²) in [5.41, 5.74) is 7.18. The second-order valence-electron chi connectivity index (χ2n) is 4.33. The van der Waals surface area contributed by atoms with Crippen LogP contribution in [0.2, 0.25) is 0 Å². The Morgan fingerprint density at radius 1 is 1.20 bits per heavy atom. The summed E-state index contributed by atoms with van der Waals surface area (Å²) in [5, 5.41) is 9.13. The fourth-order valence-corrected chi connectivity index (χ4v) is 2.44. The van der Waals surface area contributed by atoms with E-state index in [1.807, 2.05) is 18.2 Å². The monoisotopic (exact) mass is 200 g/mol. The van der Waals surface area contributed by atoms with Gasteiger partial charge in [0.25, 0.3) is 0 Å². The molecule has 2 nitrogen and oxygen atoms in total. The first-order valence-electron chi connectivity index (χ1n) is 5.51. The van der Waals surface area contributed by atoms with Crippen LogP contribution in [-0.4, -0.2) is 6.04 Å². The number of nitriles is 1. The summed E-state index contributed by atoms with van der Waals surface area (Å²) in [7, 11) is 0. The van der Waals surface area contributed by atoms with Crippen LogP contribution in [0.25, 0.3) is 0 Å². The quantitative estimate of drug-likeness (QED) is 0.756. The van der Waals surface area contributed by atoms with Crippen LogP contribution in [0.1, 0.15) is 30.7 Å². The maximum Gasteiger partial charge on any atom is 0.0662 e. The predicted octanol–water partition coefficient (Wildman–Crippen LogP) is 2.42. The summed E-state index contributed by atoms with van der Waals surface area (Å²) in [5.74, 6) is 0.479. The lowest BCUT2D eigenvalue weighted by molar-refractivity contribution is 0.332. The van der Waals surface area contributed by atoms with E-state index in [1.165, 1.54) is 5.56 Å². The van der Waals surface area contributed by atoms with Crippen molar-refractivity contribution in [3.8, 4) is 6.07 Å². The first-order valence-corrected chi connectivity index (χ1v) is 5.51. The van der Waals surface area contributed by atoms with Crippen LogP contribution in [0.5, 0.6) is 0 Å². The van der Waals surface area contributed by atoms with Crippen LogP contribution in [-0.2, 0) is 0 Å². The molecule has 2 rings (SSSR count). The second kappa shape index (κ2) is 4.46. The van der Waals surface area contributed by atoms with Crippen molar-refractivity contribution in [2.45, 2.75) is 31.2 Å². The Morgan fingerprint density at radius 2 is 1.93 bits per heavy atom. The maximum absolute atomic E-state index is 9.13. The van der Waals surface area contributed by atoms with E-state index in [4.69, 9.17) is 11.0 Å². The number of nitrogens with two attached hydrogens (primary N) is 1.